The lowest BCUT2D eigenvalue weighted by atomic mass is 10.2. The molecule has 0 aliphatic rings. The van der Waals surface area contributed by atoms with Gasteiger partial charge in [0.1, 0.15) is 5.82 Å². The molecule has 0 amide bonds. The van der Waals surface area contributed by atoms with Gasteiger partial charge in [-0.25, -0.2) is 12.8 Å². The maximum absolute atomic E-state index is 12.8. The van der Waals surface area contributed by atoms with Gasteiger partial charge in [-0.15, -0.1) is 12.4 Å². The van der Waals surface area contributed by atoms with E-state index in [2.05, 4.69) is 0 Å². The summed E-state index contributed by atoms with van der Waals surface area (Å²) >= 11 is 0. The number of sulfone groups is 1. The summed E-state index contributed by atoms with van der Waals surface area (Å²) < 4.78 is 34.9. The highest BCUT2D eigenvalue weighted by Crippen LogP contribution is 2.13. The van der Waals surface area contributed by atoms with Crippen molar-refractivity contribution in [2.24, 2.45) is 5.73 Å². The second-order valence-corrected chi connectivity index (χ2v) is 4.79. The monoisotopic (exact) mass is 239 g/mol. The predicted octanol–water partition coefficient (Wildman–Crippen LogP) is 1.11. The summed E-state index contributed by atoms with van der Waals surface area (Å²) in [6.45, 7) is 0.125. The van der Waals surface area contributed by atoms with Crippen molar-refractivity contribution >= 4 is 22.2 Å². The van der Waals surface area contributed by atoms with Crippen molar-refractivity contribution < 1.29 is 12.8 Å². The number of nitrogens with two attached hydrogens (primary N) is 1. The zero-order valence-corrected chi connectivity index (χ0v) is 9.16. The summed E-state index contributed by atoms with van der Waals surface area (Å²) in [4.78, 5) is -0.0343. The third-order valence-electron chi connectivity index (χ3n) is 1.59. The van der Waals surface area contributed by atoms with E-state index in [1.165, 1.54) is 12.1 Å². The molecule has 0 atom stereocenters. The van der Waals surface area contributed by atoms with E-state index in [0.717, 1.165) is 12.3 Å². The van der Waals surface area contributed by atoms with Crippen LogP contribution >= 0.6 is 12.4 Å². The van der Waals surface area contributed by atoms with Gasteiger partial charge in [0, 0.05) is 12.8 Å². The highest BCUT2D eigenvalue weighted by Gasteiger charge is 2.09. The van der Waals surface area contributed by atoms with Crippen LogP contribution < -0.4 is 5.73 Å². The zero-order chi connectivity index (χ0) is 10.1. The molecule has 0 saturated heterocycles. The summed E-state index contributed by atoms with van der Waals surface area (Å²) in [6, 6.07) is 3.57. The highest BCUT2D eigenvalue weighted by atomic mass is 35.5. The van der Waals surface area contributed by atoms with Gasteiger partial charge in [-0.2, -0.15) is 0 Å². The van der Waals surface area contributed by atoms with E-state index < -0.39 is 15.7 Å². The number of halogens is 2. The number of benzene rings is 1. The van der Waals surface area contributed by atoms with Gasteiger partial charge in [0.05, 0.1) is 4.90 Å². The van der Waals surface area contributed by atoms with Gasteiger partial charge in [-0.3, -0.25) is 0 Å². The molecule has 6 heteroatoms. The molecule has 0 aromatic heterocycles. The summed E-state index contributed by atoms with van der Waals surface area (Å²) in [5.41, 5.74) is 5.74. The smallest absolute Gasteiger partial charge is 0.175 e. The van der Waals surface area contributed by atoms with Crippen LogP contribution in [0.1, 0.15) is 5.56 Å². The van der Waals surface area contributed by atoms with Crippen molar-refractivity contribution in [3.05, 3.63) is 29.6 Å². The Bertz CT molecular complexity index is 419. The van der Waals surface area contributed by atoms with Gasteiger partial charge in [-0.1, -0.05) is 0 Å². The molecular weight excluding hydrogens is 229 g/mol. The molecule has 0 unspecified atom stereocenters. The maximum Gasteiger partial charge on any atom is 0.175 e. The first kappa shape index (κ1) is 13.4. The Balaban J connectivity index is 0.00000169. The fraction of sp³-hybridized carbons (Fsp3) is 0.250. The van der Waals surface area contributed by atoms with Crippen LogP contribution in [-0.2, 0) is 16.4 Å². The fourth-order valence-corrected chi connectivity index (χ4v) is 1.64. The Morgan fingerprint density at radius 2 is 1.93 bits per heavy atom. The van der Waals surface area contributed by atoms with E-state index in [9.17, 15) is 12.8 Å². The molecule has 0 heterocycles. The lowest BCUT2D eigenvalue weighted by Gasteiger charge is -2.01. The summed E-state index contributed by atoms with van der Waals surface area (Å²) in [6.07, 6.45) is 1.03. The van der Waals surface area contributed by atoms with Crippen LogP contribution in [0.5, 0.6) is 0 Å². The highest BCUT2D eigenvalue weighted by molar-refractivity contribution is 7.90. The number of rotatable bonds is 2. The van der Waals surface area contributed by atoms with Crippen molar-refractivity contribution in [3.63, 3.8) is 0 Å². The van der Waals surface area contributed by atoms with Gasteiger partial charge in [0.2, 0.25) is 0 Å². The standard InChI is InChI=1S/C8H10FNO2S.ClH/c1-13(11,12)8-3-6(5-10)2-7(9)4-8;/h2-4H,5,10H2,1H3;1H. The number of hydrogen-bond donors (Lipinski definition) is 1. The third kappa shape index (κ3) is 3.25. The molecule has 0 aliphatic carbocycles. The lowest BCUT2D eigenvalue weighted by Crippen LogP contribution is -2.02. The molecule has 0 fully saturated rings. The Labute approximate surface area is 88.4 Å². The average Bonchev–Trinajstić information content (AvgIpc) is 2.01. The van der Waals surface area contributed by atoms with Crippen LogP contribution in [0.15, 0.2) is 23.1 Å². The third-order valence-corrected chi connectivity index (χ3v) is 2.69. The van der Waals surface area contributed by atoms with Gasteiger partial charge in [-0.05, 0) is 23.8 Å². The van der Waals surface area contributed by atoms with Crippen LogP contribution in [0.2, 0.25) is 0 Å². The summed E-state index contributed by atoms with van der Waals surface area (Å²) in [5, 5.41) is 0. The first-order chi connectivity index (χ1) is 5.93. The van der Waals surface area contributed by atoms with E-state index in [1.807, 2.05) is 0 Å². The van der Waals surface area contributed by atoms with Crippen molar-refractivity contribution in [1.29, 1.82) is 0 Å². The predicted molar refractivity (Wildman–Crippen MR) is 54.6 cm³/mol. The normalized spacial score (nSPS) is 10.8. The first-order valence-corrected chi connectivity index (χ1v) is 5.52. The van der Waals surface area contributed by atoms with E-state index in [4.69, 9.17) is 5.73 Å². The Morgan fingerprint density at radius 3 is 2.36 bits per heavy atom. The van der Waals surface area contributed by atoms with Crippen LogP contribution in [0.3, 0.4) is 0 Å². The SMILES string of the molecule is CS(=O)(=O)c1cc(F)cc(CN)c1.Cl. The Kier molecular flexibility index (Phi) is 4.51. The molecule has 3 nitrogen and oxygen atoms in total. The molecule has 0 spiro atoms. The molecule has 0 radical (unpaired) electrons. The van der Waals surface area contributed by atoms with Crippen molar-refractivity contribution in [2.45, 2.75) is 11.4 Å². The average molecular weight is 240 g/mol. The van der Waals surface area contributed by atoms with Crippen LogP contribution in [0.4, 0.5) is 4.39 Å². The minimum absolute atomic E-state index is 0. The summed E-state index contributed by atoms with van der Waals surface area (Å²) in [7, 11) is -3.35. The van der Waals surface area contributed by atoms with Gasteiger partial charge in [0.25, 0.3) is 0 Å². The van der Waals surface area contributed by atoms with Gasteiger partial charge in [0.15, 0.2) is 9.84 Å². The Morgan fingerprint density at radius 1 is 1.36 bits per heavy atom. The number of hydrogen-bond acceptors (Lipinski definition) is 3. The molecule has 2 N–H and O–H groups in total. The first-order valence-electron chi connectivity index (χ1n) is 3.63. The molecule has 0 saturated carbocycles. The largest absolute Gasteiger partial charge is 0.326 e. The van der Waals surface area contributed by atoms with E-state index in [1.54, 1.807) is 0 Å². The molecule has 1 aromatic rings. The van der Waals surface area contributed by atoms with Crippen LogP contribution in [0.25, 0.3) is 0 Å². The Hall–Kier alpha value is -0.650. The van der Waals surface area contributed by atoms with Gasteiger partial charge >= 0.3 is 0 Å². The summed E-state index contributed by atoms with van der Waals surface area (Å²) in [5.74, 6) is -0.580. The van der Waals surface area contributed by atoms with E-state index in [-0.39, 0.29) is 23.8 Å². The molecule has 0 bridgehead atoms. The molecule has 1 rings (SSSR count). The quantitative estimate of drug-likeness (QED) is 0.841. The molecular formula is C8H11ClFNO2S. The molecule has 80 valence electrons. The fourth-order valence-electron chi connectivity index (χ4n) is 0.953. The molecule has 14 heavy (non-hydrogen) atoms. The second kappa shape index (κ2) is 4.72. The minimum atomic E-state index is -3.35. The second-order valence-electron chi connectivity index (χ2n) is 2.77. The minimum Gasteiger partial charge on any atom is -0.326 e. The molecule has 0 aliphatic heterocycles. The maximum atomic E-state index is 12.8. The van der Waals surface area contributed by atoms with E-state index in [0.29, 0.717) is 5.56 Å². The van der Waals surface area contributed by atoms with Gasteiger partial charge < -0.3 is 5.73 Å². The van der Waals surface area contributed by atoms with Crippen LogP contribution in [0, 0.1) is 5.82 Å². The van der Waals surface area contributed by atoms with Crippen molar-refractivity contribution in [3.8, 4) is 0 Å². The topological polar surface area (TPSA) is 60.2 Å². The zero-order valence-electron chi connectivity index (χ0n) is 7.53. The van der Waals surface area contributed by atoms with E-state index >= 15 is 0 Å². The van der Waals surface area contributed by atoms with Crippen LogP contribution in [-0.4, -0.2) is 14.7 Å². The molecule has 1 aromatic carbocycles. The van der Waals surface area contributed by atoms with Crippen molar-refractivity contribution in [1.82, 2.24) is 0 Å². The van der Waals surface area contributed by atoms with Crippen molar-refractivity contribution in [2.75, 3.05) is 6.26 Å². The lowest BCUT2D eigenvalue weighted by molar-refractivity contribution is 0.595.